The Kier molecular flexibility index (Phi) is 3.79. The van der Waals surface area contributed by atoms with E-state index in [1.165, 1.54) is 24.2 Å². The highest BCUT2D eigenvalue weighted by molar-refractivity contribution is 7.11. The molecule has 94 valence electrons. The van der Waals surface area contributed by atoms with Gasteiger partial charge < -0.3 is 5.11 Å². The van der Waals surface area contributed by atoms with Gasteiger partial charge in [0.15, 0.2) is 0 Å². The van der Waals surface area contributed by atoms with Crippen LogP contribution in [-0.2, 0) is 6.54 Å². The maximum Gasteiger partial charge on any atom is 0.365 e. The quantitative estimate of drug-likeness (QED) is 0.900. The van der Waals surface area contributed by atoms with Crippen LogP contribution in [0.2, 0.25) is 0 Å². The third-order valence-electron chi connectivity index (χ3n) is 3.38. The summed E-state index contributed by atoms with van der Waals surface area (Å²) in [5.41, 5.74) is 0.883. The Hall–Kier alpha value is -0.940. The fourth-order valence-electron chi connectivity index (χ4n) is 2.38. The lowest BCUT2D eigenvalue weighted by molar-refractivity contribution is 0.0695. The van der Waals surface area contributed by atoms with Crippen LogP contribution in [0.25, 0.3) is 0 Å². The van der Waals surface area contributed by atoms with Gasteiger partial charge >= 0.3 is 5.97 Å². The Balaban J connectivity index is 1.98. The molecule has 0 spiro atoms. The Morgan fingerprint density at radius 3 is 3.00 bits per heavy atom. The third-order valence-corrected chi connectivity index (χ3v) is 4.25. The normalized spacial score (nSPS) is 26.0. The van der Waals surface area contributed by atoms with Gasteiger partial charge in [-0.15, -0.1) is 11.3 Å². The van der Waals surface area contributed by atoms with E-state index >= 15 is 0 Å². The standard InChI is InChI=1S/C12H18N2O2S/c1-8-3-4-14(9(2)5-8)6-10-7-17-11(13-10)12(15)16/h7-9H,3-6H2,1-2H3,(H,15,16). The molecule has 1 aliphatic rings. The van der Waals surface area contributed by atoms with Crippen molar-refractivity contribution in [1.29, 1.82) is 0 Å². The van der Waals surface area contributed by atoms with Gasteiger partial charge in [-0.05, 0) is 32.2 Å². The second-order valence-corrected chi connectivity index (χ2v) is 5.76. The molecule has 0 bridgehead atoms. The molecular weight excluding hydrogens is 236 g/mol. The number of piperidine rings is 1. The molecule has 1 fully saturated rings. The fraction of sp³-hybridized carbons (Fsp3) is 0.667. The van der Waals surface area contributed by atoms with Crippen LogP contribution in [0.15, 0.2) is 5.38 Å². The average molecular weight is 254 g/mol. The Morgan fingerprint density at radius 2 is 2.41 bits per heavy atom. The number of carbonyl (C=O) groups is 1. The van der Waals surface area contributed by atoms with E-state index in [0.29, 0.717) is 6.04 Å². The lowest BCUT2D eigenvalue weighted by Crippen LogP contribution is -2.39. The number of rotatable bonds is 3. The molecule has 1 saturated heterocycles. The monoisotopic (exact) mass is 254 g/mol. The maximum atomic E-state index is 10.7. The number of thiazole rings is 1. The Morgan fingerprint density at radius 1 is 1.65 bits per heavy atom. The third kappa shape index (κ3) is 3.04. The van der Waals surface area contributed by atoms with E-state index in [4.69, 9.17) is 5.11 Å². The zero-order chi connectivity index (χ0) is 12.4. The average Bonchev–Trinajstić information content (AvgIpc) is 2.71. The fourth-order valence-corrected chi connectivity index (χ4v) is 3.02. The molecule has 0 radical (unpaired) electrons. The summed E-state index contributed by atoms with van der Waals surface area (Å²) in [6.45, 7) is 6.39. The van der Waals surface area contributed by atoms with Gasteiger partial charge in [0.2, 0.25) is 5.01 Å². The number of hydrogen-bond acceptors (Lipinski definition) is 4. The van der Waals surface area contributed by atoms with E-state index in [-0.39, 0.29) is 5.01 Å². The molecule has 0 aromatic carbocycles. The molecule has 5 heteroatoms. The molecule has 2 heterocycles. The summed E-state index contributed by atoms with van der Waals surface area (Å²) >= 11 is 1.21. The highest BCUT2D eigenvalue weighted by Gasteiger charge is 2.23. The van der Waals surface area contributed by atoms with Crippen LogP contribution in [0.5, 0.6) is 0 Å². The molecule has 0 amide bonds. The van der Waals surface area contributed by atoms with Crippen molar-refractivity contribution in [3.63, 3.8) is 0 Å². The highest BCUT2D eigenvalue weighted by Crippen LogP contribution is 2.24. The first-order valence-electron chi connectivity index (χ1n) is 5.98. The van der Waals surface area contributed by atoms with Gasteiger partial charge in [-0.3, -0.25) is 4.90 Å². The summed E-state index contributed by atoms with van der Waals surface area (Å²) in [4.78, 5) is 17.3. The van der Waals surface area contributed by atoms with E-state index in [0.717, 1.165) is 24.7 Å². The largest absolute Gasteiger partial charge is 0.476 e. The van der Waals surface area contributed by atoms with Crippen molar-refractivity contribution < 1.29 is 9.90 Å². The molecule has 0 aliphatic carbocycles. The smallest absolute Gasteiger partial charge is 0.365 e. The summed E-state index contributed by atoms with van der Waals surface area (Å²) in [7, 11) is 0. The first-order valence-corrected chi connectivity index (χ1v) is 6.86. The second kappa shape index (κ2) is 5.14. The highest BCUT2D eigenvalue weighted by atomic mass is 32.1. The minimum Gasteiger partial charge on any atom is -0.476 e. The van der Waals surface area contributed by atoms with Gasteiger partial charge in [0.25, 0.3) is 0 Å². The summed E-state index contributed by atoms with van der Waals surface area (Å²) in [6, 6.07) is 0.564. The summed E-state index contributed by atoms with van der Waals surface area (Å²) in [5, 5.41) is 10.9. The predicted octanol–water partition coefficient (Wildman–Crippen LogP) is 2.46. The SMILES string of the molecule is CC1CCN(Cc2csc(C(=O)O)n2)C(C)C1. The number of hydrogen-bond donors (Lipinski definition) is 1. The van der Waals surface area contributed by atoms with Crippen LogP contribution in [0.4, 0.5) is 0 Å². The van der Waals surface area contributed by atoms with Gasteiger partial charge in [-0.1, -0.05) is 6.92 Å². The van der Waals surface area contributed by atoms with E-state index < -0.39 is 5.97 Å². The van der Waals surface area contributed by atoms with Crippen molar-refractivity contribution in [3.05, 3.63) is 16.1 Å². The van der Waals surface area contributed by atoms with Crippen LogP contribution in [0.1, 0.15) is 42.2 Å². The first-order chi connectivity index (χ1) is 8.06. The molecule has 2 rings (SSSR count). The van der Waals surface area contributed by atoms with Gasteiger partial charge in [0.1, 0.15) is 0 Å². The minimum absolute atomic E-state index is 0.193. The number of carboxylic acid groups (broad SMARTS) is 1. The van der Waals surface area contributed by atoms with Crippen LogP contribution >= 0.6 is 11.3 Å². The molecule has 0 saturated carbocycles. The van der Waals surface area contributed by atoms with Crippen molar-refractivity contribution in [1.82, 2.24) is 9.88 Å². The molecule has 4 nitrogen and oxygen atoms in total. The topological polar surface area (TPSA) is 53.4 Å². The molecule has 1 N–H and O–H groups in total. The molecule has 1 aromatic rings. The minimum atomic E-state index is -0.929. The lowest BCUT2D eigenvalue weighted by atomic mass is 9.93. The Bertz CT molecular complexity index is 405. The van der Waals surface area contributed by atoms with Crippen LogP contribution < -0.4 is 0 Å². The number of nitrogens with zero attached hydrogens (tertiary/aromatic N) is 2. The van der Waals surface area contributed by atoms with Crippen LogP contribution in [0, 0.1) is 5.92 Å². The van der Waals surface area contributed by atoms with E-state index in [9.17, 15) is 4.79 Å². The number of likely N-dealkylation sites (tertiary alicyclic amines) is 1. The van der Waals surface area contributed by atoms with Gasteiger partial charge in [-0.25, -0.2) is 9.78 Å². The van der Waals surface area contributed by atoms with E-state index in [2.05, 4.69) is 23.7 Å². The molecule has 2 atom stereocenters. The molecule has 2 unspecified atom stereocenters. The van der Waals surface area contributed by atoms with E-state index in [1.807, 2.05) is 5.38 Å². The Labute approximate surface area is 105 Å². The predicted molar refractivity (Wildman–Crippen MR) is 67.3 cm³/mol. The lowest BCUT2D eigenvalue weighted by Gasteiger charge is -2.36. The second-order valence-electron chi connectivity index (χ2n) is 4.90. The zero-order valence-corrected chi connectivity index (χ0v) is 11.0. The van der Waals surface area contributed by atoms with Crippen molar-refractivity contribution in [3.8, 4) is 0 Å². The number of aromatic carboxylic acids is 1. The van der Waals surface area contributed by atoms with Crippen molar-refractivity contribution in [2.75, 3.05) is 6.54 Å². The summed E-state index contributed by atoms with van der Waals surface area (Å²) in [6.07, 6.45) is 2.44. The van der Waals surface area contributed by atoms with Crippen LogP contribution in [-0.4, -0.2) is 33.5 Å². The van der Waals surface area contributed by atoms with Gasteiger partial charge in [0, 0.05) is 18.0 Å². The van der Waals surface area contributed by atoms with Gasteiger partial charge in [-0.2, -0.15) is 0 Å². The molecular formula is C12H18N2O2S. The van der Waals surface area contributed by atoms with Crippen molar-refractivity contribution in [2.45, 2.75) is 39.3 Å². The summed E-state index contributed by atoms with van der Waals surface area (Å²) < 4.78 is 0. The van der Waals surface area contributed by atoms with Crippen molar-refractivity contribution in [2.24, 2.45) is 5.92 Å². The number of aromatic nitrogens is 1. The molecule has 17 heavy (non-hydrogen) atoms. The van der Waals surface area contributed by atoms with Gasteiger partial charge in [0.05, 0.1) is 5.69 Å². The maximum absolute atomic E-state index is 10.7. The summed E-state index contributed by atoms with van der Waals surface area (Å²) in [5.74, 6) is -0.132. The zero-order valence-electron chi connectivity index (χ0n) is 10.2. The number of carboxylic acids is 1. The molecule has 1 aromatic heterocycles. The van der Waals surface area contributed by atoms with Crippen molar-refractivity contribution >= 4 is 17.3 Å². The first kappa shape index (κ1) is 12.5. The van der Waals surface area contributed by atoms with E-state index in [1.54, 1.807) is 0 Å². The van der Waals surface area contributed by atoms with Crippen LogP contribution in [0.3, 0.4) is 0 Å². The molecule has 1 aliphatic heterocycles.